The van der Waals surface area contributed by atoms with Crippen molar-refractivity contribution in [2.45, 2.75) is 25.7 Å². The summed E-state index contributed by atoms with van der Waals surface area (Å²) in [6.07, 6.45) is 4.31. The van der Waals surface area contributed by atoms with Crippen LogP contribution < -0.4 is 5.32 Å². The fourth-order valence-corrected chi connectivity index (χ4v) is 2.27. The normalized spacial score (nSPS) is 14.9. The zero-order valence-electron chi connectivity index (χ0n) is 11.6. The van der Waals surface area contributed by atoms with Crippen LogP contribution in [0.15, 0.2) is 12.3 Å². The molecule has 0 atom stereocenters. The summed E-state index contributed by atoms with van der Waals surface area (Å²) in [5.74, 6) is -3.37. The number of amides is 2. The molecular formula is C14H17F2N3O2. The molecule has 1 aliphatic rings. The van der Waals surface area contributed by atoms with E-state index in [1.54, 1.807) is 4.90 Å². The standard InChI is InChI=1S/C14H17F2N3O2/c15-12-10(4-6-17-13(12)16)14(21)18-7-5-11(20)19-8-2-1-3-9-19/h4,6H,1-3,5,7-9H2,(H,18,21). The van der Waals surface area contributed by atoms with E-state index in [0.717, 1.165) is 44.6 Å². The Morgan fingerprint density at radius 3 is 2.67 bits per heavy atom. The van der Waals surface area contributed by atoms with E-state index < -0.39 is 23.2 Å². The largest absolute Gasteiger partial charge is 0.351 e. The topological polar surface area (TPSA) is 62.3 Å². The maximum atomic E-state index is 13.4. The number of hydrogen-bond donors (Lipinski definition) is 1. The third-order valence-corrected chi connectivity index (χ3v) is 3.42. The van der Waals surface area contributed by atoms with Gasteiger partial charge < -0.3 is 10.2 Å². The molecule has 5 nitrogen and oxygen atoms in total. The van der Waals surface area contributed by atoms with Crippen LogP contribution in [-0.2, 0) is 4.79 Å². The van der Waals surface area contributed by atoms with Crippen molar-refractivity contribution in [3.63, 3.8) is 0 Å². The Labute approximate surface area is 121 Å². The molecular weight excluding hydrogens is 280 g/mol. The quantitative estimate of drug-likeness (QED) is 0.857. The van der Waals surface area contributed by atoms with Gasteiger partial charge in [-0.25, -0.2) is 9.37 Å². The second kappa shape index (κ2) is 7.10. The van der Waals surface area contributed by atoms with Gasteiger partial charge in [0.15, 0.2) is 5.82 Å². The molecule has 1 aromatic rings. The minimum Gasteiger partial charge on any atom is -0.351 e. The van der Waals surface area contributed by atoms with Gasteiger partial charge in [0.25, 0.3) is 5.91 Å². The Hall–Kier alpha value is -2.05. The first-order valence-electron chi connectivity index (χ1n) is 6.95. The van der Waals surface area contributed by atoms with Crippen molar-refractivity contribution in [1.82, 2.24) is 15.2 Å². The van der Waals surface area contributed by atoms with E-state index in [0.29, 0.717) is 0 Å². The van der Waals surface area contributed by atoms with Gasteiger partial charge in [0.1, 0.15) is 0 Å². The predicted molar refractivity (Wildman–Crippen MR) is 71.5 cm³/mol. The van der Waals surface area contributed by atoms with Crippen LogP contribution in [-0.4, -0.2) is 41.3 Å². The molecule has 1 aromatic heterocycles. The summed E-state index contributed by atoms with van der Waals surface area (Å²) in [4.78, 5) is 28.4. The summed E-state index contributed by atoms with van der Waals surface area (Å²) >= 11 is 0. The molecule has 114 valence electrons. The first kappa shape index (κ1) is 15.3. The van der Waals surface area contributed by atoms with Crippen molar-refractivity contribution in [3.05, 3.63) is 29.6 Å². The smallest absolute Gasteiger partial charge is 0.254 e. The third kappa shape index (κ3) is 3.96. The Bertz CT molecular complexity index is 531. The lowest BCUT2D eigenvalue weighted by atomic mass is 10.1. The van der Waals surface area contributed by atoms with E-state index in [2.05, 4.69) is 10.3 Å². The molecule has 1 N–H and O–H groups in total. The average molecular weight is 297 g/mol. The first-order valence-corrected chi connectivity index (χ1v) is 6.95. The minimum absolute atomic E-state index is 0.0311. The molecule has 0 bridgehead atoms. The summed E-state index contributed by atoms with van der Waals surface area (Å²) in [5, 5.41) is 2.42. The highest BCUT2D eigenvalue weighted by Crippen LogP contribution is 2.10. The van der Waals surface area contributed by atoms with Crippen LogP contribution in [0.3, 0.4) is 0 Å². The molecule has 1 saturated heterocycles. The average Bonchev–Trinajstić information content (AvgIpc) is 2.50. The lowest BCUT2D eigenvalue weighted by Crippen LogP contribution is -2.37. The van der Waals surface area contributed by atoms with Gasteiger partial charge >= 0.3 is 0 Å². The minimum atomic E-state index is -1.31. The Morgan fingerprint density at radius 1 is 1.24 bits per heavy atom. The second-order valence-electron chi connectivity index (χ2n) is 4.91. The molecule has 21 heavy (non-hydrogen) atoms. The molecule has 0 aromatic carbocycles. The number of carbonyl (C=O) groups excluding carboxylic acids is 2. The third-order valence-electron chi connectivity index (χ3n) is 3.42. The highest BCUT2D eigenvalue weighted by atomic mass is 19.2. The molecule has 0 aliphatic carbocycles. The maximum absolute atomic E-state index is 13.4. The summed E-state index contributed by atoms with van der Waals surface area (Å²) < 4.78 is 26.3. The zero-order chi connectivity index (χ0) is 15.2. The van der Waals surface area contributed by atoms with Gasteiger partial charge in [-0.15, -0.1) is 0 Å². The highest BCUT2D eigenvalue weighted by Gasteiger charge is 2.18. The SMILES string of the molecule is O=C(NCCC(=O)N1CCCCC1)c1ccnc(F)c1F. The van der Waals surface area contributed by atoms with Crippen LogP contribution in [0.25, 0.3) is 0 Å². The van der Waals surface area contributed by atoms with E-state index in [1.807, 2.05) is 0 Å². The molecule has 2 rings (SSSR count). The van der Waals surface area contributed by atoms with Gasteiger partial charge in [-0.05, 0) is 25.3 Å². The number of halogens is 2. The number of hydrogen-bond acceptors (Lipinski definition) is 3. The summed E-state index contributed by atoms with van der Waals surface area (Å²) in [6, 6.07) is 1.10. The lowest BCUT2D eigenvalue weighted by Gasteiger charge is -2.26. The zero-order valence-corrected chi connectivity index (χ0v) is 11.6. The summed E-state index contributed by atoms with van der Waals surface area (Å²) in [7, 11) is 0. The molecule has 2 amide bonds. The lowest BCUT2D eigenvalue weighted by molar-refractivity contribution is -0.131. The molecule has 0 radical (unpaired) electrons. The van der Waals surface area contributed by atoms with Gasteiger partial charge in [0, 0.05) is 32.3 Å². The number of nitrogens with one attached hydrogen (secondary N) is 1. The molecule has 0 spiro atoms. The highest BCUT2D eigenvalue weighted by molar-refractivity contribution is 5.94. The van der Waals surface area contributed by atoms with Crippen molar-refractivity contribution in [1.29, 1.82) is 0 Å². The van der Waals surface area contributed by atoms with Gasteiger partial charge in [0.2, 0.25) is 11.9 Å². The van der Waals surface area contributed by atoms with Crippen LogP contribution in [0, 0.1) is 11.8 Å². The molecule has 0 saturated carbocycles. The van der Waals surface area contributed by atoms with Crippen LogP contribution in [0.5, 0.6) is 0 Å². The fourth-order valence-electron chi connectivity index (χ4n) is 2.27. The van der Waals surface area contributed by atoms with E-state index in [4.69, 9.17) is 0 Å². The van der Waals surface area contributed by atoms with Crippen molar-refractivity contribution >= 4 is 11.8 Å². The fraction of sp³-hybridized carbons (Fsp3) is 0.500. The van der Waals surface area contributed by atoms with Crippen molar-refractivity contribution < 1.29 is 18.4 Å². The van der Waals surface area contributed by atoms with E-state index in [1.165, 1.54) is 0 Å². The van der Waals surface area contributed by atoms with E-state index in [-0.39, 0.29) is 18.9 Å². The van der Waals surface area contributed by atoms with Crippen molar-refractivity contribution in [3.8, 4) is 0 Å². The van der Waals surface area contributed by atoms with Gasteiger partial charge in [-0.3, -0.25) is 9.59 Å². The number of nitrogens with zero attached hydrogens (tertiary/aromatic N) is 2. The van der Waals surface area contributed by atoms with Gasteiger partial charge in [-0.2, -0.15) is 4.39 Å². The van der Waals surface area contributed by atoms with E-state index in [9.17, 15) is 18.4 Å². The first-order chi connectivity index (χ1) is 10.1. The number of likely N-dealkylation sites (tertiary alicyclic amines) is 1. The molecule has 0 unspecified atom stereocenters. The predicted octanol–water partition coefficient (Wildman–Crippen LogP) is 1.49. The number of piperidine rings is 1. The van der Waals surface area contributed by atoms with Gasteiger partial charge in [-0.1, -0.05) is 0 Å². The Balaban J connectivity index is 1.81. The maximum Gasteiger partial charge on any atom is 0.254 e. The summed E-state index contributed by atoms with van der Waals surface area (Å²) in [5.41, 5.74) is -0.409. The number of pyridine rings is 1. The monoisotopic (exact) mass is 297 g/mol. The molecule has 7 heteroatoms. The summed E-state index contributed by atoms with van der Waals surface area (Å²) in [6.45, 7) is 1.59. The molecule has 1 fully saturated rings. The van der Waals surface area contributed by atoms with Crippen LogP contribution in [0.1, 0.15) is 36.0 Å². The van der Waals surface area contributed by atoms with Crippen LogP contribution in [0.4, 0.5) is 8.78 Å². The number of rotatable bonds is 4. The van der Waals surface area contributed by atoms with Crippen molar-refractivity contribution in [2.24, 2.45) is 0 Å². The van der Waals surface area contributed by atoms with E-state index >= 15 is 0 Å². The number of aromatic nitrogens is 1. The van der Waals surface area contributed by atoms with Crippen LogP contribution >= 0.6 is 0 Å². The number of carbonyl (C=O) groups is 2. The molecule has 1 aliphatic heterocycles. The molecule has 2 heterocycles. The van der Waals surface area contributed by atoms with Crippen molar-refractivity contribution in [2.75, 3.05) is 19.6 Å². The Morgan fingerprint density at radius 2 is 1.95 bits per heavy atom. The van der Waals surface area contributed by atoms with Gasteiger partial charge in [0.05, 0.1) is 5.56 Å². The van der Waals surface area contributed by atoms with Crippen LogP contribution in [0.2, 0.25) is 0 Å². The second-order valence-corrected chi connectivity index (χ2v) is 4.91. The Kier molecular flexibility index (Phi) is 5.19.